The van der Waals surface area contributed by atoms with Crippen LogP contribution < -0.4 is 0 Å². The van der Waals surface area contributed by atoms with Crippen LogP contribution in [0.15, 0.2) is 12.7 Å². The van der Waals surface area contributed by atoms with Crippen molar-refractivity contribution in [2.75, 3.05) is 6.54 Å². The first-order valence-electron chi connectivity index (χ1n) is 4.93. The van der Waals surface area contributed by atoms with E-state index in [1.165, 1.54) is 6.08 Å². The molecule has 2 nitrogen and oxygen atoms in total. The van der Waals surface area contributed by atoms with Crippen molar-refractivity contribution in [2.24, 2.45) is 5.41 Å². The lowest BCUT2D eigenvalue weighted by molar-refractivity contribution is -0.127. The monoisotopic (exact) mass is 181 g/mol. The standard InChI is InChI=1S/C11H19NO/c1-5-9-7-11(3,4)8-12(9)10(13)6-2/h6,9H,2,5,7-8H2,1,3-4H3/t9-/m0/s1. The second-order valence-electron chi connectivity index (χ2n) is 4.60. The second kappa shape index (κ2) is 3.52. The third-order valence-corrected chi connectivity index (χ3v) is 2.76. The van der Waals surface area contributed by atoms with E-state index in [0.717, 1.165) is 19.4 Å². The maximum atomic E-state index is 11.5. The van der Waals surface area contributed by atoms with Crippen molar-refractivity contribution in [3.8, 4) is 0 Å². The SMILES string of the molecule is C=CC(=O)N1CC(C)(C)C[C@@H]1CC. The fourth-order valence-corrected chi connectivity index (χ4v) is 2.14. The van der Waals surface area contributed by atoms with Gasteiger partial charge < -0.3 is 4.90 Å². The molecule has 0 aromatic carbocycles. The van der Waals surface area contributed by atoms with Crippen LogP contribution in [0.25, 0.3) is 0 Å². The Balaban J connectivity index is 2.74. The molecule has 0 N–H and O–H groups in total. The molecular weight excluding hydrogens is 162 g/mol. The lowest BCUT2D eigenvalue weighted by Crippen LogP contribution is -2.34. The highest BCUT2D eigenvalue weighted by atomic mass is 16.2. The van der Waals surface area contributed by atoms with Gasteiger partial charge in [0.2, 0.25) is 5.91 Å². The average molecular weight is 181 g/mol. The minimum absolute atomic E-state index is 0.0809. The summed E-state index contributed by atoms with van der Waals surface area (Å²) in [6.07, 6.45) is 3.58. The van der Waals surface area contributed by atoms with Crippen molar-refractivity contribution in [3.63, 3.8) is 0 Å². The predicted molar refractivity (Wildman–Crippen MR) is 54.4 cm³/mol. The van der Waals surface area contributed by atoms with Gasteiger partial charge in [0.15, 0.2) is 0 Å². The van der Waals surface area contributed by atoms with Gasteiger partial charge >= 0.3 is 0 Å². The number of hydrogen-bond donors (Lipinski definition) is 0. The van der Waals surface area contributed by atoms with Crippen molar-refractivity contribution in [1.82, 2.24) is 4.90 Å². The van der Waals surface area contributed by atoms with Gasteiger partial charge in [-0.25, -0.2) is 0 Å². The highest BCUT2D eigenvalue weighted by Crippen LogP contribution is 2.35. The molecule has 74 valence electrons. The number of amides is 1. The summed E-state index contributed by atoms with van der Waals surface area (Å²) in [5.74, 6) is 0.0809. The molecule has 0 aromatic rings. The van der Waals surface area contributed by atoms with Crippen LogP contribution in [0, 0.1) is 5.41 Å². The Labute approximate surface area is 80.6 Å². The summed E-state index contributed by atoms with van der Waals surface area (Å²) in [5, 5.41) is 0. The summed E-state index contributed by atoms with van der Waals surface area (Å²) in [4.78, 5) is 13.4. The topological polar surface area (TPSA) is 20.3 Å². The number of nitrogens with zero attached hydrogens (tertiary/aromatic N) is 1. The summed E-state index contributed by atoms with van der Waals surface area (Å²) < 4.78 is 0. The molecule has 0 unspecified atom stereocenters. The maximum Gasteiger partial charge on any atom is 0.246 e. The van der Waals surface area contributed by atoms with E-state index in [1.54, 1.807) is 0 Å². The molecule has 0 aromatic heterocycles. The zero-order valence-corrected chi connectivity index (χ0v) is 8.84. The molecule has 0 saturated carbocycles. The van der Waals surface area contributed by atoms with Crippen LogP contribution in [0.1, 0.15) is 33.6 Å². The molecule has 1 atom stereocenters. The van der Waals surface area contributed by atoms with E-state index >= 15 is 0 Å². The molecule has 13 heavy (non-hydrogen) atoms. The third-order valence-electron chi connectivity index (χ3n) is 2.76. The molecule has 1 aliphatic rings. The molecule has 1 rings (SSSR count). The Morgan fingerprint density at radius 3 is 2.77 bits per heavy atom. The van der Waals surface area contributed by atoms with Gasteiger partial charge in [-0.15, -0.1) is 0 Å². The smallest absolute Gasteiger partial charge is 0.246 e. The molecule has 0 bridgehead atoms. The Morgan fingerprint density at radius 1 is 1.69 bits per heavy atom. The van der Waals surface area contributed by atoms with E-state index in [0.29, 0.717) is 6.04 Å². The Bertz CT molecular complexity index is 220. The van der Waals surface area contributed by atoms with Crippen molar-refractivity contribution in [2.45, 2.75) is 39.7 Å². The summed E-state index contributed by atoms with van der Waals surface area (Å²) in [6.45, 7) is 11.0. The highest BCUT2D eigenvalue weighted by molar-refractivity contribution is 5.87. The van der Waals surface area contributed by atoms with Gasteiger partial charge in [-0.2, -0.15) is 0 Å². The molecule has 1 fully saturated rings. The van der Waals surface area contributed by atoms with Crippen LogP contribution >= 0.6 is 0 Å². The molecule has 1 heterocycles. The quantitative estimate of drug-likeness (QED) is 0.598. The van der Waals surface area contributed by atoms with E-state index in [-0.39, 0.29) is 11.3 Å². The molecular formula is C11H19NO. The summed E-state index contributed by atoms with van der Waals surface area (Å²) >= 11 is 0. The van der Waals surface area contributed by atoms with Crippen LogP contribution in [0.3, 0.4) is 0 Å². The Hall–Kier alpha value is -0.790. The van der Waals surface area contributed by atoms with Crippen LogP contribution in [0.4, 0.5) is 0 Å². The predicted octanol–water partition coefficient (Wildman–Crippen LogP) is 2.21. The zero-order chi connectivity index (χ0) is 10.1. The van der Waals surface area contributed by atoms with Gasteiger partial charge in [-0.05, 0) is 24.3 Å². The van der Waals surface area contributed by atoms with E-state index in [2.05, 4.69) is 27.4 Å². The average Bonchev–Trinajstić information content (AvgIpc) is 2.39. The van der Waals surface area contributed by atoms with Crippen LogP contribution in [0.2, 0.25) is 0 Å². The first kappa shape index (κ1) is 10.3. The lowest BCUT2D eigenvalue weighted by atomic mass is 9.90. The molecule has 1 amide bonds. The molecule has 0 radical (unpaired) electrons. The van der Waals surface area contributed by atoms with Gasteiger partial charge in [-0.3, -0.25) is 4.79 Å². The highest BCUT2D eigenvalue weighted by Gasteiger charge is 2.37. The number of hydrogen-bond acceptors (Lipinski definition) is 1. The third kappa shape index (κ3) is 2.11. The second-order valence-corrected chi connectivity index (χ2v) is 4.60. The summed E-state index contributed by atoms with van der Waals surface area (Å²) in [6, 6.07) is 0.417. The normalized spacial score (nSPS) is 26.1. The maximum absolute atomic E-state index is 11.5. The van der Waals surface area contributed by atoms with Gasteiger partial charge in [-0.1, -0.05) is 27.4 Å². The molecule has 0 spiro atoms. The largest absolute Gasteiger partial charge is 0.336 e. The zero-order valence-electron chi connectivity index (χ0n) is 8.84. The summed E-state index contributed by atoms with van der Waals surface area (Å²) in [7, 11) is 0. The molecule has 1 saturated heterocycles. The van der Waals surface area contributed by atoms with E-state index in [1.807, 2.05) is 4.90 Å². The van der Waals surface area contributed by atoms with Gasteiger partial charge in [0.05, 0.1) is 0 Å². The Morgan fingerprint density at radius 2 is 2.31 bits per heavy atom. The summed E-state index contributed by atoms with van der Waals surface area (Å²) in [5.41, 5.74) is 0.277. The Kier molecular flexibility index (Phi) is 2.79. The van der Waals surface area contributed by atoms with Gasteiger partial charge in [0, 0.05) is 12.6 Å². The molecule has 0 aliphatic carbocycles. The lowest BCUT2D eigenvalue weighted by Gasteiger charge is -2.22. The minimum atomic E-state index is 0.0809. The van der Waals surface area contributed by atoms with E-state index in [4.69, 9.17) is 0 Å². The van der Waals surface area contributed by atoms with Crippen LogP contribution in [-0.2, 0) is 4.79 Å². The van der Waals surface area contributed by atoms with Crippen LogP contribution in [0.5, 0.6) is 0 Å². The minimum Gasteiger partial charge on any atom is -0.336 e. The fraction of sp³-hybridized carbons (Fsp3) is 0.727. The van der Waals surface area contributed by atoms with Gasteiger partial charge in [0.25, 0.3) is 0 Å². The number of carbonyl (C=O) groups is 1. The van der Waals surface area contributed by atoms with Crippen molar-refractivity contribution in [3.05, 3.63) is 12.7 Å². The van der Waals surface area contributed by atoms with Crippen LogP contribution in [-0.4, -0.2) is 23.4 Å². The number of likely N-dealkylation sites (tertiary alicyclic amines) is 1. The van der Waals surface area contributed by atoms with Gasteiger partial charge in [0.1, 0.15) is 0 Å². The fourth-order valence-electron chi connectivity index (χ4n) is 2.14. The molecule has 1 aliphatic heterocycles. The first-order chi connectivity index (χ1) is 6.00. The van der Waals surface area contributed by atoms with E-state index in [9.17, 15) is 4.79 Å². The van der Waals surface area contributed by atoms with E-state index < -0.39 is 0 Å². The number of carbonyl (C=O) groups excluding carboxylic acids is 1. The van der Waals surface area contributed by atoms with Crippen molar-refractivity contribution >= 4 is 5.91 Å². The number of rotatable bonds is 2. The first-order valence-corrected chi connectivity index (χ1v) is 4.93. The van der Waals surface area contributed by atoms with Crippen molar-refractivity contribution in [1.29, 1.82) is 0 Å². The van der Waals surface area contributed by atoms with Crippen molar-refractivity contribution < 1.29 is 4.79 Å². The molecule has 2 heteroatoms.